The van der Waals surface area contributed by atoms with Gasteiger partial charge in [-0.2, -0.15) is 0 Å². The summed E-state index contributed by atoms with van der Waals surface area (Å²) in [4.78, 5) is 26.0. The van der Waals surface area contributed by atoms with Gasteiger partial charge in [0.1, 0.15) is 5.60 Å². The molecule has 1 unspecified atom stereocenters. The molecule has 0 spiro atoms. The molecule has 0 bridgehead atoms. The third kappa shape index (κ3) is 5.28. The Morgan fingerprint density at radius 3 is 2.45 bits per heavy atom. The van der Waals surface area contributed by atoms with Crippen LogP contribution < -0.4 is 10.2 Å². The smallest absolute Gasteiger partial charge is 0.407 e. The van der Waals surface area contributed by atoms with Crippen LogP contribution in [-0.2, 0) is 15.9 Å². The van der Waals surface area contributed by atoms with E-state index in [1.165, 1.54) is 12.7 Å². The Kier molecular flexibility index (Phi) is 6.11. The third-order valence-corrected chi connectivity index (χ3v) is 4.77. The predicted molar refractivity (Wildman–Crippen MR) is 113 cm³/mol. The van der Waals surface area contributed by atoms with Crippen LogP contribution in [0.1, 0.15) is 36.7 Å². The zero-order valence-electron chi connectivity index (χ0n) is 17.4. The average molecular weight is 396 g/mol. The number of hydrogen-bond acceptors (Lipinski definition) is 5. The van der Waals surface area contributed by atoms with Crippen molar-refractivity contribution in [1.82, 2.24) is 5.32 Å². The van der Waals surface area contributed by atoms with E-state index in [2.05, 4.69) is 22.3 Å². The lowest BCUT2D eigenvalue weighted by molar-refractivity contribution is 0.0518. The first kappa shape index (κ1) is 20.7. The molecule has 6 nitrogen and oxygen atoms in total. The van der Waals surface area contributed by atoms with Gasteiger partial charge in [0.05, 0.1) is 12.7 Å². The first-order valence-corrected chi connectivity index (χ1v) is 9.77. The second kappa shape index (κ2) is 8.55. The van der Waals surface area contributed by atoms with Gasteiger partial charge < -0.3 is 19.7 Å². The minimum absolute atomic E-state index is 0.234. The molecule has 2 aromatic carbocycles. The second-order valence-corrected chi connectivity index (χ2v) is 8.23. The number of benzene rings is 2. The summed E-state index contributed by atoms with van der Waals surface area (Å²) in [6, 6.07) is 15.7. The summed E-state index contributed by atoms with van der Waals surface area (Å²) in [7, 11) is 1.37. The quantitative estimate of drug-likeness (QED) is 0.780. The van der Waals surface area contributed by atoms with Crippen molar-refractivity contribution in [2.45, 2.75) is 32.8 Å². The number of nitrogens with zero attached hydrogens (tertiary/aromatic N) is 1. The summed E-state index contributed by atoms with van der Waals surface area (Å²) in [5, 5.41) is 2.89. The van der Waals surface area contributed by atoms with Gasteiger partial charge in [-0.15, -0.1) is 0 Å². The number of amides is 1. The number of para-hydroxylation sites is 1. The lowest BCUT2D eigenvalue weighted by atomic mass is 9.92. The molecule has 1 N–H and O–H groups in total. The van der Waals surface area contributed by atoms with Crippen molar-refractivity contribution in [2.75, 3.05) is 25.1 Å². The number of rotatable bonds is 4. The lowest BCUT2D eigenvalue weighted by Gasteiger charge is -2.36. The first-order valence-electron chi connectivity index (χ1n) is 9.77. The summed E-state index contributed by atoms with van der Waals surface area (Å²) in [5.41, 5.74) is 3.37. The van der Waals surface area contributed by atoms with Gasteiger partial charge in [-0.25, -0.2) is 9.59 Å². The number of ether oxygens (including phenoxy) is 2. The van der Waals surface area contributed by atoms with Gasteiger partial charge in [-0.05, 0) is 69.0 Å². The monoisotopic (exact) mass is 396 g/mol. The molecule has 0 saturated carbocycles. The highest BCUT2D eigenvalue weighted by Crippen LogP contribution is 2.35. The fourth-order valence-electron chi connectivity index (χ4n) is 3.50. The first-order chi connectivity index (χ1) is 13.8. The van der Waals surface area contributed by atoms with Gasteiger partial charge in [0.15, 0.2) is 0 Å². The largest absolute Gasteiger partial charge is 0.465 e. The maximum absolute atomic E-state index is 12.0. The molecule has 6 heteroatoms. The van der Waals surface area contributed by atoms with Crippen LogP contribution in [0.4, 0.5) is 16.2 Å². The minimum Gasteiger partial charge on any atom is -0.465 e. The van der Waals surface area contributed by atoms with Crippen LogP contribution in [0.15, 0.2) is 48.5 Å². The molecule has 3 rings (SSSR count). The van der Waals surface area contributed by atoms with Crippen LogP contribution >= 0.6 is 0 Å². The molecule has 0 fully saturated rings. The molecule has 1 atom stereocenters. The number of carbonyl (C=O) groups is 2. The average Bonchev–Trinajstić information content (AvgIpc) is 2.70. The fourth-order valence-corrected chi connectivity index (χ4v) is 3.50. The van der Waals surface area contributed by atoms with E-state index in [1.54, 1.807) is 12.1 Å². The molecule has 0 aliphatic carbocycles. The molecular formula is C23H28N2O4. The fraction of sp³-hybridized carbons (Fsp3) is 0.391. The van der Waals surface area contributed by atoms with E-state index < -0.39 is 11.7 Å². The van der Waals surface area contributed by atoms with Gasteiger partial charge in [0, 0.05) is 24.5 Å². The van der Waals surface area contributed by atoms with Crippen molar-refractivity contribution in [3.63, 3.8) is 0 Å². The van der Waals surface area contributed by atoms with Crippen LogP contribution in [0, 0.1) is 5.92 Å². The molecule has 1 aliphatic heterocycles. The maximum atomic E-state index is 12.0. The van der Waals surface area contributed by atoms with Gasteiger partial charge in [-0.3, -0.25) is 0 Å². The van der Waals surface area contributed by atoms with Crippen molar-refractivity contribution in [2.24, 2.45) is 5.92 Å². The number of anilines is 2. The molecule has 0 saturated heterocycles. The van der Waals surface area contributed by atoms with E-state index in [0.29, 0.717) is 12.1 Å². The van der Waals surface area contributed by atoms with E-state index in [1.807, 2.05) is 45.0 Å². The lowest BCUT2D eigenvalue weighted by Crippen LogP contribution is -2.41. The number of carbonyl (C=O) groups excluding carboxylic acids is 2. The van der Waals surface area contributed by atoms with Gasteiger partial charge in [0.2, 0.25) is 0 Å². The Balaban J connectivity index is 1.76. The molecule has 2 aromatic rings. The highest BCUT2D eigenvalue weighted by molar-refractivity contribution is 5.90. The van der Waals surface area contributed by atoms with Crippen molar-refractivity contribution in [3.05, 3.63) is 59.7 Å². The molecule has 1 aliphatic rings. The van der Waals surface area contributed by atoms with Crippen LogP contribution in [-0.4, -0.2) is 37.9 Å². The van der Waals surface area contributed by atoms with Crippen molar-refractivity contribution < 1.29 is 19.1 Å². The van der Waals surface area contributed by atoms with E-state index in [-0.39, 0.29) is 11.9 Å². The van der Waals surface area contributed by atoms with Crippen LogP contribution in [0.5, 0.6) is 0 Å². The van der Waals surface area contributed by atoms with Crippen LogP contribution in [0.25, 0.3) is 0 Å². The maximum Gasteiger partial charge on any atom is 0.407 e. The highest BCUT2D eigenvalue weighted by atomic mass is 16.6. The number of methoxy groups -OCH3 is 1. The summed E-state index contributed by atoms with van der Waals surface area (Å²) < 4.78 is 10.1. The Morgan fingerprint density at radius 2 is 1.79 bits per heavy atom. The molecule has 1 heterocycles. The normalized spacial score (nSPS) is 16.0. The number of hydrogen-bond donors (Lipinski definition) is 1. The van der Waals surface area contributed by atoms with Crippen LogP contribution in [0.3, 0.4) is 0 Å². The number of esters is 1. The number of nitrogens with one attached hydrogen (secondary N) is 1. The number of fused-ring (bicyclic) bond motifs is 1. The molecular weight excluding hydrogens is 368 g/mol. The van der Waals surface area contributed by atoms with Crippen molar-refractivity contribution in [1.29, 1.82) is 0 Å². The van der Waals surface area contributed by atoms with Gasteiger partial charge >= 0.3 is 12.1 Å². The topological polar surface area (TPSA) is 67.9 Å². The van der Waals surface area contributed by atoms with Crippen molar-refractivity contribution in [3.8, 4) is 0 Å². The molecule has 154 valence electrons. The van der Waals surface area contributed by atoms with E-state index in [0.717, 1.165) is 24.3 Å². The summed E-state index contributed by atoms with van der Waals surface area (Å²) in [6.45, 7) is 6.83. The highest BCUT2D eigenvalue weighted by Gasteiger charge is 2.26. The Labute approximate surface area is 171 Å². The zero-order valence-corrected chi connectivity index (χ0v) is 17.4. The molecule has 0 aromatic heterocycles. The van der Waals surface area contributed by atoms with Crippen LogP contribution in [0.2, 0.25) is 0 Å². The SMILES string of the molecule is COC(=O)c1ccc(N2CC(CNC(=O)OC(C)(C)C)Cc3ccccc32)cc1. The minimum atomic E-state index is -0.517. The number of alkyl carbamates (subject to hydrolysis) is 1. The zero-order chi connectivity index (χ0) is 21.0. The Hall–Kier alpha value is -3.02. The summed E-state index contributed by atoms with van der Waals surface area (Å²) in [6.07, 6.45) is 0.480. The summed E-state index contributed by atoms with van der Waals surface area (Å²) in [5.74, 6) is -0.118. The second-order valence-electron chi connectivity index (χ2n) is 8.23. The van der Waals surface area contributed by atoms with E-state index in [9.17, 15) is 9.59 Å². The Bertz CT molecular complexity index is 871. The molecule has 0 radical (unpaired) electrons. The van der Waals surface area contributed by atoms with Crippen molar-refractivity contribution >= 4 is 23.4 Å². The predicted octanol–water partition coefficient (Wildman–Crippen LogP) is 4.31. The molecule has 29 heavy (non-hydrogen) atoms. The third-order valence-electron chi connectivity index (χ3n) is 4.77. The molecule has 1 amide bonds. The van der Waals surface area contributed by atoms with Gasteiger partial charge in [-0.1, -0.05) is 18.2 Å². The summed E-state index contributed by atoms with van der Waals surface area (Å²) >= 11 is 0. The van der Waals surface area contributed by atoms with Gasteiger partial charge in [0.25, 0.3) is 0 Å². The van der Waals surface area contributed by atoms with E-state index >= 15 is 0 Å². The standard InChI is InChI=1S/C23H28N2O4/c1-23(2,3)29-22(27)24-14-16-13-18-7-5-6-8-20(18)25(15-16)19-11-9-17(10-12-19)21(26)28-4/h5-12,16H,13-15H2,1-4H3,(H,24,27). The Morgan fingerprint density at radius 1 is 1.10 bits per heavy atom. The van der Waals surface area contributed by atoms with E-state index in [4.69, 9.17) is 9.47 Å².